The minimum atomic E-state index is -0.0737. The van der Waals surface area contributed by atoms with Crippen molar-refractivity contribution in [3.05, 3.63) is 42.5 Å². The van der Waals surface area contributed by atoms with Gasteiger partial charge in [0.05, 0.1) is 19.6 Å². The van der Waals surface area contributed by atoms with E-state index in [9.17, 15) is 4.79 Å². The molecule has 0 amide bonds. The number of carbonyl (C=O) groups is 1. The molecule has 1 aromatic carbocycles. The molecule has 1 unspecified atom stereocenters. The molecule has 3 nitrogen and oxygen atoms in total. The maximum Gasteiger partial charge on any atom is 0.308 e. The maximum atomic E-state index is 11.7. The van der Waals surface area contributed by atoms with Gasteiger partial charge in [-0.1, -0.05) is 31.6 Å². The van der Waals surface area contributed by atoms with E-state index < -0.39 is 0 Å². The van der Waals surface area contributed by atoms with Crippen molar-refractivity contribution in [1.29, 1.82) is 0 Å². The quantitative estimate of drug-likeness (QED) is 0.552. The summed E-state index contributed by atoms with van der Waals surface area (Å²) in [5.74, 6) is 1.80. The van der Waals surface area contributed by atoms with Crippen molar-refractivity contribution in [2.75, 3.05) is 13.7 Å². The number of allylic oxidation sites excluding steroid dienone is 1. The van der Waals surface area contributed by atoms with E-state index in [0.717, 1.165) is 37.9 Å². The second-order valence-electron chi connectivity index (χ2n) is 6.62. The fourth-order valence-electron chi connectivity index (χ4n) is 3.21. The molecular weight excluding hydrogens is 288 g/mol. The van der Waals surface area contributed by atoms with Crippen LogP contribution in [0.4, 0.5) is 0 Å². The Morgan fingerprint density at radius 1 is 1.35 bits per heavy atom. The Morgan fingerprint density at radius 2 is 2.09 bits per heavy atom. The molecule has 0 saturated heterocycles. The molecule has 1 aliphatic carbocycles. The van der Waals surface area contributed by atoms with Crippen molar-refractivity contribution in [1.82, 2.24) is 0 Å². The van der Waals surface area contributed by atoms with E-state index in [0.29, 0.717) is 18.4 Å². The molecule has 3 atom stereocenters. The summed E-state index contributed by atoms with van der Waals surface area (Å²) >= 11 is 0. The van der Waals surface area contributed by atoms with Crippen molar-refractivity contribution in [2.24, 2.45) is 17.8 Å². The first-order valence-corrected chi connectivity index (χ1v) is 8.54. The first-order chi connectivity index (χ1) is 11.1. The number of esters is 1. The molecule has 0 heterocycles. The Labute approximate surface area is 139 Å². The lowest BCUT2D eigenvalue weighted by Gasteiger charge is -2.27. The van der Waals surface area contributed by atoms with Gasteiger partial charge in [-0.15, -0.1) is 6.58 Å². The van der Waals surface area contributed by atoms with Gasteiger partial charge in [0.25, 0.3) is 0 Å². The first kappa shape index (κ1) is 17.6. The highest BCUT2D eigenvalue weighted by Crippen LogP contribution is 2.30. The van der Waals surface area contributed by atoms with Crippen LogP contribution in [-0.2, 0) is 16.0 Å². The van der Waals surface area contributed by atoms with Gasteiger partial charge in [0, 0.05) is 0 Å². The lowest BCUT2D eigenvalue weighted by molar-refractivity contribution is -0.147. The summed E-state index contributed by atoms with van der Waals surface area (Å²) in [6, 6.07) is 8.30. The van der Waals surface area contributed by atoms with E-state index in [1.54, 1.807) is 0 Å². The van der Waals surface area contributed by atoms with E-state index in [4.69, 9.17) is 9.47 Å². The Kier molecular flexibility index (Phi) is 6.69. The highest BCUT2D eigenvalue weighted by Gasteiger charge is 2.28. The van der Waals surface area contributed by atoms with Gasteiger partial charge in [0.2, 0.25) is 0 Å². The first-order valence-electron chi connectivity index (χ1n) is 8.54. The summed E-state index contributed by atoms with van der Waals surface area (Å²) in [6.07, 6.45) is 7.01. The molecule has 3 heteroatoms. The van der Waals surface area contributed by atoms with Crippen molar-refractivity contribution < 1.29 is 14.3 Å². The summed E-state index contributed by atoms with van der Waals surface area (Å²) in [6.45, 7) is 6.66. The summed E-state index contributed by atoms with van der Waals surface area (Å²) in [5.41, 5.74) is 1.30. The number of methoxy groups -OCH3 is 1. The van der Waals surface area contributed by atoms with E-state index in [-0.39, 0.29) is 11.9 Å². The molecule has 23 heavy (non-hydrogen) atoms. The summed E-state index contributed by atoms with van der Waals surface area (Å²) < 4.78 is 10.8. The number of ether oxygens (including phenoxy) is 2. The Hall–Kier alpha value is -1.77. The molecule has 1 aliphatic rings. The van der Waals surface area contributed by atoms with Gasteiger partial charge in [0.15, 0.2) is 0 Å². The monoisotopic (exact) mass is 316 g/mol. The van der Waals surface area contributed by atoms with Gasteiger partial charge in [-0.05, 0) is 55.2 Å². The molecule has 0 aromatic heterocycles. The van der Waals surface area contributed by atoms with Crippen LogP contribution in [0.15, 0.2) is 36.9 Å². The standard InChI is InChI=1S/C20H28O3/c1-4-15(2)12-16-8-10-19(11-9-16)23-14-17-6-5-7-18(13-17)20(21)22-3/h4,8-11,15,17-18H,1,5-7,12-14H2,2-3H3/t15?,17-,18+/m1/s1. The van der Waals surface area contributed by atoms with E-state index >= 15 is 0 Å². The average Bonchev–Trinajstić information content (AvgIpc) is 2.60. The lowest BCUT2D eigenvalue weighted by Crippen LogP contribution is -2.27. The number of carbonyl (C=O) groups excluding carboxylic acids is 1. The van der Waals surface area contributed by atoms with Crippen LogP contribution in [0.2, 0.25) is 0 Å². The van der Waals surface area contributed by atoms with Crippen molar-refractivity contribution in [3.63, 3.8) is 0 Å². The molecule has 126 valence electrons. The van der Waals surface area contributed by atoms with Gasteiger partial charge >= 0.3 is 5.97 Å². The maximum absolute atomic E-state index is 11.7. The van der Waals surface area contributed by atoms with Crippen LogP contribution in [0, 0.1) is 17.8 Å². The van der Waals surface area contributed by atoms with Crippen LogP contribution in [0.25, 0.3) is 0 Å². The fourth-order valence-corrected chi connectivity index (χ4v) is 3.21. The minimum absolute atomic E-state index is 0.0464. The van der Waals surface area contributed by atoms with E-state index in [1.165, 1.54) is 12.7 Å². The lowest BCUT2D eigenvalue weighted by atomic mass is 9.82. The normalized spacial score (nSPS) is 22.2. The van der Waals surface area contributed by atoms with Gasteiger partial charge in [0.1, 0.15) is 5.75 Å². The van der Waals surface area contributed by atoms with E-state index in [2.05, 4.69) is 25.6 Å². The smallest absolute Gasteiger partial charge is 0.308 e. The van der Waals surface area contributed by atoms with Crippen molar-refractivity contribution in [3.8, 4) is 5.75 Å². The molecule has 0 N–H and O–H groups in total. The topological polar surface area (TPSA) is 35.5 Å². The second-order valence-corrected chi connectivity index (χ2v) is 6.62. The Balaban J connectivity index is 1.81. The zero-order valence-electron chi connectivity index (χ0n) is 14.3. The zero-order valence-corrected chi connectivity index (χ0v) is 14.3. The Bertz CT molecular complexity index is 506. The third kappa shape index (κ3) is 5.42. The SMILES string of the molecule is C=CC(C)Cc1ccc(OC[C@@H]2CCC[C@H](C(=O)OC)C2)cc1. The second kappa shape index (κ2) is 8.76. The summed E-state index contributed by atoms with van der Waals surface area (Å²) in [4.78, 5) is 11.7. The molecule has 0 radical (unpaired) electrons. The molecule has 1 saturated carbocycles. The van der Waals surface area contributed by atoms with Crippen LogP contribution in [-0.4, -0.2) is 19.7 Å². The highest BCUT2D eigenvalue weighted by atomic mass is 16.5. The van der Waals surface area contributed by atoms with Gasteiger partial charge in [-0.3, -0.25) is 4.79 Å². The molecule has 0 spiro atoms. The summed E-state index contributed by atoms with van der Waals surface area (Å²) in [7, 11) is 1.47. The number of hydrogen-bond acceptors (Lipinski definition) is 3. The largest absolute Gasteiger partial charge is 0.493 e. The molecular formula is C20H28O3. The molecule has 0 bridgehead atoms. The number of rotatable bonds is 7. The predicted molar refractivity (Wildman–Crippen MR) is 92.5 cm³/mol. The third-order valence-corrected chi connectivity index (χ3v) is 4.69. The molecule has 1 fully saturated rings. The van der Waals surface area contributed by atoms with Crippen molar-refractivity contribution in [2.45, 2.75) is 39.0 Å². The van der Waals surface area contributed by atoms with E-state index in [1.807, 2.05) is 18.2 Å². The van der Waals surface area contributed by atoms with Gasteiger partial charge in [-0.2, -0.15) is 0 Å². The van der Waals surface area contributed by atoms with Crippen LogP contribution >= 0.6 is 0 Å². The van der Waals surface area contributed by atoms with Crippen molar-refractivity contribution >= 4 is 5.97 Å². The van der Waals surface area contributed by atoms with Gasteiger partial charge in [-0.25, -0.2) is 0 Å². The van der Waals surface area contributed by atoms with Crippen LogP contribution in [0.5, 0.6) is 5.75 Å². The minimum Gasteiger partial charge on any atom is -0.493 e. The number of hydrogen-bond donors (Lipinski definition) is 0. The Morgan fingerprint density at radius 3 is 2.74 bits per heavy atom. The fraction of sp³-hybridized carbons (Fsp3) is 0.550. The van der Waals surface area contributed by atoms with Gasteiger partial charge < -0.3 is 9.47 Å². The summed E-state index contributed by atoms with van der Waals surface area (Å²) in [5, 5.41) is 0. The van der Waals surface area contributed by atoms with Crippen LogP contribution in [0.3, 0.4) is 0 Å². The highest BCUT2D eigenvalue weighted by molar-refractivity contribution is 5.72. The predicted octanol–water partition coefficient (Wildman–Crippen LogP) is 4.41. The number of benzene rings is 1. The average molecular weight is 316 g/mol. The molecule has 0 aliphatic heterocycles. The molecule has 2 rings (SSSR count). The van der Waals surface area contributed by atoms with Crippen LogP contribution in [0.1, 0.15) is 38.2 Å². The zero-order chi connectivity index (χ0) is 16.7. The van der Waals surface area contributed by atoms with Crippen LogP contribution < -0.4 is 4.74 Å². The third-order valence-electron chi connectivity index (χ3n) is 4.69. The molecule has 1 aromatic rings.